The largest absolute Gasteiger partial charge is 0.356 e. The van der Waals surface area contributed by atoms with Crippen molar-refractivity contribution in [1.29, 1.82) is 0 Å². The van der Waals surface area contributed by atoms with E-state index in [-0.39, 0.29) is 5.82 Å². The van der Waals surface area contributed by atoms with Gasteiger partial charge in [-0.1, -0.05) is 18.6 Å². The predicted octanol–water partition coefficient (Wildman–Crippen LogP) is 2.91. The average Bonchev–Trinajstić information content (AvgIpc) is 3.04. The van der Waals surface area contributed by atoms with Gasteiger partial charge >= 0.3 is 0 Å². The quantitative estimate of drug-likeness (QED) is 0.393. The van der Waals surface area contributed by atoms with Crippen molar-refractivity contribution in [3.63, 3.8) is 0 Å². The van der Waals surface area contributed by atoms with Crippen molar-refractivity contribution in [2.45, 2.75) is 70.5 Å². The number of aromatic nitrogens is 3. The van der Waals surface area contributed by atoms with Gasteiger partial charge < -0.3 is 15.2 Å². The average molecular weight is 442 g/mol. The van der Waals surface area contributed by atoms with E-state index in [4.69, 9.17) is 0 Å². The Hall–Kier alpha value is -2.48. The van der Waals surface area contributed by atoms with E-state index in [1.165, 1.54) is 24.8 Å². The normalized spacial score (nSPS) is 18.2. The molecule has 2 aliphatic heterocycles. The van der Waals surface area contributed by atoms with Crippen LogP contribution in [0.4, 0.5) is 4.39 Å². The van der Waals surface area contributed by atoms with Crippen LogP contribution in [0, 0.1) is 5.82 Å². The van der Waals surface area contributed by atoms with E-state index >= 15 is 0 Å². The summed E-state index contributed by atoms with van der Waals surface area (Å²) in [4.78, 5) is 6.84. The lowest BCUT2D eigenvalue weighted by molar-refractivity contribution is 0.198. The summed E-state index contributed by atoms with van der Waals surface area (Å²) in [6, 6.07) is 7.26. The third-order valence-corrected chi connectivity index (χ3v) is 6.53. The van der Waals surface area contributed by atoms with Crippen molar-refractivity contribution in [3.8, 4) is 0 Å². The molecule has 1 aromatic heterocycles. The zero-order chi connectivity index (χ0) is 22.2. The molecule has 0 bridgehead atoms. The van der Waals surface area contributed by atoms with Gasteiger partial charge in [0.05, 0.1) is 0 Å². The van der Waals surface area contributed by atoms with E-state index in [1.807, 2.05) is 19.2 Å². The first kappa shape index (κ1) is 22.7. The molecule has 7 nitrogen and oxygen atoms in total. The molecule has 0 spiro atoms. The second kappa shape index (κ2) is 11.4. The lowest BCUT2D eigenvalue weighted by atomic mass is 10.0. The summed E-state index contributed by atoms with van der Waals surface area (Å²) in [6.07, 6.45) is 8.92. The number of aryl methyl sites for hydroxylation is 2. The smallest absolute Gasteiger partial charge is 0.191 e. The number of nitrogens with zero attached hydrogens (tertiary/aromatic N) is 5. The van der Waals surface area contributed by atoms with Crippen molar-refractivity contribution in [3.05, 3.63) is 47.3 Å². The number of hydrogen-bond acceptors (Lipinski definition) is 4. The van der Waals surface area contributed by atoms with E-state index in [2.05, 4.69) is 35.3 Å². The van der Waals surface area contributed by atoms with Crippen LogP contribution in [0.5, 0.6) is 0 Å². The van der Waals surface area contributed by atoms with Gasteiger partial charge in [-0.15, -0.1) is 10.2 Å². The summed E-state index contributed by atoms with van der Waals surface area (Å²) in [5, 5.41) is 15.9. The molecule has 0 atom stereocenters. The molecule has 2 aromatic rings. The fraction of sp³-hybridized carbons (Fsp3) is 0.625. The zero-order valence-electron chi connectivity index (χ0n) is 19.2. The van der Waals surface area contributed by atoms with Crippen molar-refractivity contribution in [1.82, 2.24) is 30.3 Å². The van der Waals surface area contributed by atoms with Crippen LogP contribution in [0.25, 0.3) is 0 Å². The maximum Gasteiger partial charge on any atom is 0.191 e. The van der Waals surface area contributed by atoms with Crippen LogP contribution in [0.2, 0.25) is 0 Å². The van der Waals surface area contributed by atoms with Crippen LogP contribution in [0.3, 0.4) is 0 Å². The van der Waals surface area contributed by atoms with Gasteiger partial charge in [-0.2, -0.15) is 0 Å². The molecule has 2 N–H and O–H groups in total. The third kappa shape index (κ3) is 6.28. The van der Waals surface area contributed by atoms with Gasteiger partial charge in [0.15, 0.2) is 5.96 Å². The number of fused-ring (bicyclic) bond motifs is 1. The highest BCUT2D eigenvalue weighted by molar-refractivity contribution is 5.79. The van der Waals surface area contributed by atoms with E-state index < -0.39 is 0 Å². The number of likely N-dealkylation sites (tertiary alicyclic amines) is 1. The minimum Gasteiger partial charge on any atom is -0.356 e. The molecule has 1 saturated heterocycles. The minimum absolute atomic E-state index is 0.174. The molecule has 0 aliphatic carbocycles. The summed E-state index contributed by atoms with van der Waals surface area (Å²) >= 11 is 0. The highest BCUT2D eigenvalue weighted by atomic mass is 19.1. The number of guanidine groups is 1. The fourth-order valence-corrected chi connectivity index (χ4v) is 4.65. The van der Waals surface area contributed by atoms with E-state index in [9.17, 15) is 4.39 Å². The molecule has 0 amide bonds. The Labute approximate surface area is 190 Å². The summed E-state index contributed by atoms with van der Waals surface area (Å²) in [7, 11) is 1.83. The molecule has 1 aromatic carbocycles. The van der Waals surface area contributed by atoms with Crippen molar-refractivity contribution in [2.75, 3.05) is 26.7 Å². The van der Waals surface area contributed by atoms with Crippen molar-refractivity contribution < 1.29 is 4.39 Å². The maximum atomic E-state index is 13.1. The number of halogens is 1. The first-order valence-corrected chi connectivity index (χ1v) is 12.1. The summed E-state index contributed by atoms with van der Waals surface area (Å²) in [5.41, 5.74) is 1.17. The SMILES string of the molecule is CN=C(NCCCc1nnc2n1CCCCC2)NC1CCN(Cc2ccc(F)cc2)CC1. The topological polar surface area (TPSA) is 70.4 Å². The van der Waals surface area contributed by atoms with Crippen LogP contribution in [0.1, 0.15) is 55.7 Å². The number of benzene rings is 1. The Morgan fingerprint density at radius 1 is 1.09 bits per heavy atom. The maximum absolute atomic E-state index is 13.1. The van der Waals surface area contributed by atoms with Gasteiger partial charge in [-0.25, -0.2) is 4.39 Å². The van der Waals surface area contributed by atoms with Gasteiger partial charge in [0.2, 0.25) is 0 Å². The molecular formula is C24H36FN7. The predicted molar refractivity (Wildman–Crippen MR) is 125 cm³/mol. The monoisotopic (exact) mass is 441 g/mol. The number of hydrogen-bond donors (Lipinski definition) is 2. The highest BCUT2D eigenvalue weighted by Crippen LogP contribution is 2.16. The molecule has 0 saturated carbocycles. The zero-order valence-corrected chi connectivity index (χ0v) is 19.2. The number of aliphatic imine (C=N–C) groups is 1. The Morgan fingerprint density at radius 3 is 2.69 bits per heavy atom. The lowest BCUT2D eigenvalue weighted by Crippen LogP contribution is -2.48. The van der Waals surface area contributed by atoms with Crippen LogP contribution < -0.4 is 10.6 Å². The minimum atomic E-state index is -0.174. The molecule has 4 rings (SSSR count). The Morgan fingerprint density at radius 2 is 1.91 bits per heavy atom. The highest BCUT2D eigenvalue weighted by Gasteiger charge is 2.20. The Balaban J connectivity index is 1.15. The molecular weight excluding hydrogens is 405 g/mol. The summed E-state index contributed by atoms with van der Waals surface area (Å²) in [5.74, 6) is 2.99. The van der Waals surface area contributed by atoms with E-state index in [1.54, 1.807) is 12.1 Å². The van der Waals surface area contributed by atoms with Crippen LogP contribution >= 0.6 is 0 Å². The first-order valence-electron chi connectivity index (χ1n) is 12.1. The van der Waals surface area contributed by atoms with Gasteiger partial charge in [0.25, 0.3) is 0 Å². The van der Waals surface area contributed by atoms with Gasteiger partial charge in [0.1, 0.15) is 17.5 Å². The number of piperidine rings is 1. The molecule has 1 fully saturated rings. The number of nitrogens with one attached hydrogen (secondary N) is 2. The molecule has 8 heteroatoms. The molecule has 32 heavy (non-hydrogen) atoms. The van der Waals surface area contributed by atoms with Crippen molar-refractivity contribution in [2.24, 2.45) is 4.99 Å². The van der Waals surface area contributed by atoms with Gasteiger partial charge in [0, 0.05) is 58.7 Å². The molecule has 3 heterocycles. The molecule has 0 radical (unpaired) electrons. The fourth-order valence-electron chi connectivity index (χ4n) is 4.65. The third-order valence-electron chi connectivity index (χ3n) is 6.53. The summed E-state index contributed by atoms with van der Waals surface area (Å²) in [6.45, 7) is 4.87. The second-order valence-corrected chi connectivity index (χ2v) is 8.92. The van der Waals surface area contributed by atoms with Crippen LogP contribution in [0.15, 0.2) is 29.3 Å². The second-order valence-electron chi connectivity index (χ2n) is 8.92. The van der Waals surface area contributed by atoms with E-state index in [0.29, 0.717) is 6.04 Å². The van der Waals surface area contributed by atoms with Crippen LogP contribution in [-0.2, 0) is 25.9 Å². The summed E-state index contributed by atoms with van der Waals surface area (Å²) < 4.78 is 15.4. The van der Waals surface area contributed by atoms with Crippen LogP contribution in [-0.4, -0.2) is 58.3 Å². The Bertz CT molecular complexity index is 869. The molecule has 2 aliphatic rings. The van der Waals surface area contributed by atoms with E-state index in [0.717, 1.165) is 82.4 Å². The van der Waals surface area contributed by atoms with Crippen molar-refractivity contribution >= 4 is 5.96 Å². The first-order chi connectivity index (χ1) is 15.7. The number of rotatable bonds is 7. The Kier molecular flexibility index (Phi) is 8.09. The molecule has 174 valence electrons. The standard InChI is InChI=1S/C24H36FN7/c1-26-24(27-14-5-7-23-30-29-22-6-3-2-4-15-32(22)23)28-21-12-16-31(17-13-21)18-19-8-10-20(25)11-9-19/h8-11,21H,2-7,12-18H2,1H3,(H2,26,27,28). The lowest BCUT2D eigenvalue weighted by Gasteiger charge is -2.33. The van der Waals surface area contributed by atoms with Gasteiger partial charge in [-0.05, 0) is 49.8 Å². The van der Waals surface area contributed by atoms with Gasteiger partial charge in [-0.3, -0.25) is 9.89 Å². The molecule has 0 unspecified atom stereocenters.